The number of amides is 2. The highest BCUT2D eigenvalue weighted by Crippen LogP contribution is 2.37. The molecule has 0 bridgehead atoms. The molecule has 2 aliphatic heterocycles. The number of morpholine rings is 1. The Labute approximate surface area is 245 Å². The SMILES string of the molecule is COc1cccc(C2=NN(C(=O)CN(CCN3CCOCC3)C(=O)c3cccc(F)c3)[C@@H](c3ccccc3OC)C2)c1. The van der Waals surface area contributed by atoms with Crippen molar-refractivity contribution in [3.8, 4) is 11.5 Å². The first-order valence-corrected chi connectivity index (χ1v) is 14.0. The molecule has 10 heteroatoms. The number of ether oxygens (including phenoxy) is 3. The van der Waals surface area contributed by atoms with Crippen LogP contribution in [0.5, 0.6) is 11.5 Å². The van der Waals surface area contributed by atoms with Gasteiger partial charge >= 0.3 is 0 Å². The Morgan fingerprint density at radius 3 is 2.55 bits per heavy atom. The summed E-state index contributed by atoms with van der Waals surface area (Å²) in [7, 11) is 3.19. The fourth-order valence-corrected chi connectivity index (χ4v) is 5.28. The molecule has 9 nitrogen and oxygen atoms in total. The standard InChI is InChI=1S/C32H35FN4O5/c1-40-26-10-6-7-23(20-26)28-21-29(27-11-3-4-12-30(27)41-2)37(34-28)31(38)22-36(14-13-35-15-17-42-18-16-35)32(39)24-8-5-9-25(33)19-24/h3-12,19-20,29H,13-18,21-22H2,1-2H3/t29-/m1/s1. The summed E-state index contributed by atoms with van der Waals surface area (Å²) in [5.74, 6) is 0.0477. The van der Waals surface area contributed by atoms with Crippen LogP contribution in [-0.2, 0) is 9.53 Å². The van der Waals surface area contributed by atoms with Crippen LogP contribution in [0.2, 0.25) is 0 Å². The summed E-state index contributed by atoms with van der Waals surface area (Å²) in [6.45, 7) is 3.35. The van der Waals surface area contributed by atoms with Gasteiger partial charge in [0.2, 0.25) is 0 Å². The third kappa shape index (κ3) is 6.78. The van der Waals surface area contributed by atoms with Crippen molar-refractivity contribution >= 4 is 17.5 Å². The molecule has 0 aromatic heterocycles. The number of para-hydroxylation sites is 1. The molecule has 1 atom stereocenters. The molecule has 220 valence electrons. The summed E-state index contributed by atoms with van der Waals surface area (Å²) in [6, 6.07) is 20.2. The van der Waals surface area contributed by atoms with E-state index < -0.39 is 17.8 Å². The zero-order chi connectivity index (χ0) is 29.5. The maximum atomic E-state index is 14.0. The van der Waals surface area contributed by atoms with E-state index in [2.05, 4.69) is 4.90 Å². The Balaban J connectivity index is 1.45. The molecule has 3 aromatic carbocycles. The lowest BCUT2D eigenvalue weighted by atomic mass is 9.97. The molecule has 2 amide bonds. The summed E-state index contributed by atoms with van der Waals surface area (Å²) >= 11 is 0. The normalized spacial score (nSPS) is 17.1. The Morgan fingerprint density at radius 1 is 1.00 bits per heavy atom. The minimum absolute atomic E-state index is 0.188. The van der Waals surface area contributed by atoms with E-state index in [0.717, 1.165) is 29.9 Å². The van der Waals surface area contributed by atoms with Gasteiger partial charge in [-0.25, -0.2) is 9.40 Å². The molecule has 2 aliphatic rings. The summed E-state index contributed by atoms with van der Waals surface area (Å²) in [6.07, 6.45) is 0.449. The van der Waals surface area contributed by atoms with E-state index in [1.54, 1.807) is 20.3 Å². The van der Waals surface area contributed by atoms with E-state index in [9.17, 15) is 14.0 Å². The first-order valence-electron chi connectivity index (χ1n) is 14.0. The number of hydrazone groups is 1. The van der Waals surface area contributed by atoms with Crippen LogP contribution < -0.4 is 9.47 Å². The summed E-state index contributed by atoms with van der Waals surface area (Å²) in [4.78, 5) is 31.3. The number of carbonyl (C=O) groups is 2. The second kappa shape index (κ2) is 13.6. The lowest BCUT2D eigenvalue weighted by Crippen LogP contribution is -2.46. The van der Waals surface area contributed by atoms with E-state index in [1.165, 1.54) is 28.1 Å². The number of nitrogens with zero attached hydrogens (tertiary/aromatic N) is 4. The topological polar surface area (TPSA) is 83.9 Å². The molecular formula is C32H35FN4O5. The molecule has 0 radical (unpaired) electrons. The number of methoxy groups -OCH3 is 2. The Bertz CT molecular complexity index is 1440. The molecular weight excluding hydrogens is 539 g/mol. The van der Waals surface area contributed by atoms with Gasteiger partial charge in [0.25, 0.3) is 11.8 Å². The minimum atomic E-state index is -0.511. The van der Waals surface area contributed by atoms with Crippen LogP contribution >= 0.6 is 0 Å². The van der Waals surface area contributed by atoms with Crippen LogP contribution in [0.3, 0.4) is 0 Å². The number of carbonyl (C=O) groups excluding carboxylic acids is 2. The summed E-state index contributed by atoms with van der Waals surface area (Å²) < 4.78 is 30.5. The van der Waals surface area contributed by atoms with Crippen molar-refractivity contribution in [1.82, 2.24) is 14.8 Å². The third-order valence-electron chi connectivity index (χ3n) is 7.54. The maximum Gasteiger partial charge on any atom is 0.262 e. The molecule has 3 aromatic rings. The smallest absolute Gasteiger partial charge is 0.262 e. The van der Waals surface area contributed by atoms with Crippen molar-refractivity contribution in [3.63, 3.8) is 0 Å². The van der Waals surface area contributed by atoms with Gasteiger partial charge in [0.1, 0.15) is 23.9 Å². The number of benzene rings is 3. The predicted molar refractivity (Wildman–Crippen MR) is 156 cm³/mol. The van der Waals surface area contributed by atoms with E-state index in [0.29, 0.717) is 44.2 Å². The first-order chi connectivity index (χ1) is 20.5. The van der Waals surface area contributed by atoms with Crippen molar-refractivity contribution in [2.45, 2.75) is 12.5 Å². The molecule has 1 saturated heterocycles. The Kier molecular flexibility index (Phi) is 9.45. The van der Waals surface area contributed by atoms with E-state index in [4.69, 9.17) is 19.3 Å². The molecule has 0 N–H and O–H groups in total. The molecule has 1 fully saturated rings. The van der Waals surface area contributed by atoms with Gasteiger partial charge in [-0.3, -0.25) is 14.5 Å². The van der Waals surface area contributed by atoms with Gasteiger partial charge in [-0.15, -0.1) is 0 Å². The number of halogens is 1. The molecule has 0 aliphatic carbocycles. The lowest BCUT2D eigenvalue weighted by Gasteiger charge is -2.31. The van der Waals surface area contributed by atoms with Crippen LogP contribution in [0.1, 0.15) is 33.9 Å². The van der Waals surface area contributed by atoms with Gasteiger partial charge in [-0.05, 0) is 36.4 Å². The van der Waals surface area contributed by atoms with Crippen molar-refractivity contribution in [2.24, 2.45) is 5.10 Å². The lowest BCUT2D eigenvalue weighted by molar-refractivity contribution is -0.133. The first kappa shape index (κ1) is 29.2. The van der Waals surface area contributed by atoms with E-state index >= 15 is 0 Å². The summed E-state index contributed by atoms with van der Waals surface area (Å²) in [5, 5.41) is 6.23. The fourth-order valence-electron chi connectivity index (χ4n) is 5.28. The van der Waals surface area contributed by atoms with Crippen LogP contribution in [0.15, 0.2) is 77.9 Å². The quantitative estimate of drug-likeness (QED) is 0.364. The van der Waals surface area contributed by atoms with E-state index in [1.807, 2.05) is 48.5 Å². The number of hydrogen-bond donors (Lipinski definition) is 0. The monoisotopic (exact) mass is 574 g/mol. The van der Waals surface area contributed by atoms with Crippen LogP contribution in [0.4, 0.5) is 4.39 Å². The second-order valence-corrected chi connectivity index (χ2v) is 10.2. The number of hydrogen-bond acceptors (Lipinski definition) is 7. The van der Waals surface area contributed by atoms with Crippen molar-refractivity contribution in [1.29, 1.82) is 0 Å². The van der Waals surface area contributed by atoms with E-state index in [-0.39, 0.29) is 18.0 Å². The highest BCUT2D eigenvalue weighted by Gasteiger charge is 2.36. The van der Waals surface area contributed by atoms with Gasteiger partial charge in [-0.1, -0.05) is 36.4 Å². The van der Waals surface area contributed by atoms with Crippen LogP contribution in [-0.4, -0.2) is 92.5 Å². The zero-order valence-electron chi connectivity index (χ0n) is 23.9. The summed E-state index contributed by atoms with van der Waals surface area (Å²) in [5.41, 5.74) is 2.55. The fraction of sp³-hybridized carbons (Fsp3) is 0.344. The molecule has 2 heterocycles. The van der Waals surface area contributed by atoms with Gasteiger partial charge in [0, 0.05) is 49.3 Å². The van der Waals surface area contributed by atoms with Gasteiger partial charge < -0.3 is 19.1 Å². The van der Waals surface area contributed by atoms with Crippen molar-refractivity contribution < 1.29 is 28.2 Å². The minimum Gasteiger partial charge on any atom is -0.497 e. The van der Waals surface area contributed by atoms with Crippen molar-refractivity contribution in [2.75, 3.05) is 60.2 Å². The van der Waals surface area contributed by atoms with Gasteiger partial charge in [0.05, 0.1) is 39.2 Å². The zero-order valence-corrected chi connectivity index (χ0v) is 23.9. The largest absolute Gasteiger partial charge is 0.497 e. The molecule has 0 unspecified atom stereocenters. The van der Waals surface area contributed by atoms with Crippen LogP contribution in [0, 0.1) is 5.82 Å². The maximum absolute atomic E-state index is 14.0. The highest BCUT2D eigenvalue weighted by atomic mass is 19.1. The molecule has 42 heavy (non-hydrogen) atoms. The number of rotatable bonds is 10. The van der Waals surface area contributed by atoms with Crippen molar-refractivity contribution in [3.05, 3.63) is 95.3 Å². The molecule has 0 spiro atoms. The third-order valence-corrected chi connectivity index (χ3v) is 7.54. The predicted octanol–water partition coefficient (Wildman–Crippen LogP) is 4.00. The Hall–Kier alpha value is -4.28. The average Bonchev–Trinajstić information content (AvgIpc) is 3.49. The average molecular weight is 575 g/mol. The molecule has 5 rings (SSSR count). The molecule has 0 saturated carbocycles. The highest BCUT2D eigenvalue weighted by molar-refractivity contribution is 6.04. The van der Waals surface area contributed by atoms with Crippen LogP contribution in [0.25, 0.3) is 0 Å². The van der Waals surface area contributed by atoms with Gasteiger partial charge in [-0.2, -0.15) is 5.10 Å². The second-order valence-electron chi connectivity index (χ2n) is 10.2. The van der Waals surface area contributed by atoms with Gasteiger partial charge in [0.15, 0.2) is 0 Å². The Morgan fingerprint density at radius 2 is 1.79 bits per heavy atom.